The average molecular weight is 239 g/mol. The summed E-state index contributed by atoms with van der Waals surface area (Å²) in [6.45, 7) is 5.63. The number of halogens is 1. The van der Waals surface area contributed by atoms with Gasteiger partial charge >= 0.3 is 0 Å². The van der Waals surface area contributed by atoms with E-state index in [0.29, 0.717) is 18.8 Å². The molecule has 0 aliphatic carbocycles. The van der Waals surface area contributed by atoms with E-state index in [1.54, 1.807) is 13.0 Å². The van der Waals surface area contributed by atoms with Crippen LogP contribution in [0.15, 0.2) is 18.2 Å². The van der Waals surface area contributed by atoms with Gasteiger partial charge in [0.05, 0.1) is 19.3 Å². The van der Waals surface area contributed by atoms with E-state index in [-0.39, 0.29) is 11.9 Å². The van der Waals surface area contributed by atoms with E-state index < -0.39 is 6.10 Å². The van der Waals surface area contributed by atoms with Gasteiger partial charge in [-0.3, -0.25) is 0 Å². The molecule has 2 rings (SSSR count). The highest BCUT2D eigenvalue weighted by Gasteiger charge is 2.24. The fraction of sp³-hybridized carbons (Fsp3) is 0.538. The molecule has 2 atom stereocenters. The minimum absolute atomic E-state index is 0.197. The lowest BCUT2D eigenvalue weighted by Gasteiger charge is -2.36. The molecule has 1 unspecified atom stereocenters. The fourth-order valence-electron chi connectivity index (χ4n) is 2.27. The van der Waals surface area contributed by atoms with Gasteiger partial charge in [-0.1, -0.05) is 6.07 Å². The number of aliphatic hydroxyl groups excluding tert-OH is 1. The largest absolute Gasteiger partial charge is 0.389 e. The standard InChI is InChI=1S/C13H18FNO2/c1-9-8-17-7-6-15(9)12-5-3-4-11(14)13(12)10(2)16/h3-5,9-10,16H,6-8H2,1-2H3/t9?,10-/m1/s1. The van der Waals surface area contributed by atoms with Crippen LogP contribution in [0, 0.1) is 5.82 Å². The van der Waals surface area contributed by atoms with Crippen LogP contribution in [0.4, 0.5) is 10.1 Å². The topological polar surface area (TPSA) is 32.7 Å². The zero-order valence-electron chi connectivity index (χ0n) is 10.2. The van der Waals surface area contributed by atoms with E-state index in [9.17, 15) is 9.50 Å². The van der Waals surface area contributed by atoms with E-state index >= 15 is 0 Å². The number of hydrogen-bond donors (Lipinski definition) is 1. The smallest absolute Gasteiger partial charge is 0.131 e. The van der Waals surface area contributed by atoms with Crippen LogP contribution in [0.1, 0.15) is 25.5 Å². The van der Waals surface area contributed by atoms with Gasteiger partial charge in [0, 0.05) is 23.8 Å². The molecule has 1 fully saturated rings. The molecule has 1 heterocycles. The van der Waals surface area contributed by atoms with Crippen LogP contribution in [-0.4, -0.2) is 30.9 Å². The number of ether oxygens (including phenoxy) is 1. The van der Waals surface area contributed by atoms with E-state index in [2.05, 4.69) is 4.90 Å². The highest BCUT2D eigenvalue weighted by Crippen LogP contribution is 2.30. The van der Waals surface area contributed by atoms with Crippen LogP contribution in [0.25, 0.3) is 0 Å². The summed E-state index contributed by atoms with van der Waals surface area (Å²) in [6.07, 6.45) is -0.804. The first-order valence-electron chi connectivity index (χ1n) is 5.92. The van der Waals surface area contributed by atoms with E-state index in [1.807, 2.05) is 13.0 Å². The molecule has 1 aliphatic rings. The van der Waals surface area contributed by atoms with E-state index in [0.717, 1.165) is 12.2 Å². The van der Waals surface area contributed by atoms with Gasteiger partial charge in [0.25, 0.3) is 0 Å². The molecule has 0 saturated carbocycles. The predicted octanol–water partition coefficient (Wildman–Crippen LogP) is 2.10. The van der Waals surface area contributed by atoms with Gasteiger partial charge in [-0.25, -0.2) is 4.39 Å². The molecule has 1 N–H and O–H groups in total. The van der Waals surface area contributed by atoms with Crippen molar-refractivity contribution in [1.29, 1.82) is 0 Å². The minimum atomic E-state index is -0.804. The molecule has 1 aromatic carbocycles. The number of benzene rings is 1. The summed E-state index contributed by atoms with van der Waals surface area (Å²) >= 11 is 0. The number of rotatable bonds is 2. The molecule has 94 valence electrons. The SMILES string of the molecule is CC1COCCN1c1cccc(F)c1[C@@H](C)O. The zero-order valence-corrected chi connectivity index (χ0v) is 10.2. The highest BCUT2D eigenvalue weighted by atomic mass is 19.1. The van der Waals surface area contributed by atoms with Crippen LogP contribution in [-0.2, 0) is 4.74 Å². The van der Waals surface area contributed by atoms with Crippen LogP contribution >= 0.6 is 0 Å². The van der Waals surface area contributed by atoms with Crippen LogP contribution in [0.5, 0.6) is 0 Å². The minimum Gasteiger partial charge on any atom is -0.389 e. The average Bonchev–Trinajstić information content (AvgIpc) is 2.28. The van der Waals surface area contributed by atoms with Crippen molar-refractivity contribution >= 4 is 5.69 Å². The molecule has 17 heavy (non-hydrogen) atoms. The lowest BCUT2D eigenvalue weighted by Crippen LogP contribution is -2.44. The van der Waals surface area contributed by atoms with Gasteiger partial charge in [0.15, 0.2) is 0 Å². The number of nitrogens with zero attached hydrogens (tertiary/aromatic N) is 1. The molecule has 1 aliphatic heterocycles. The molecule has 0 radical (unpaired) electrons. The van der Waals surface area contributed by atoms with Crippen molar-refractivity contribution in [2.75, 3.05) is 24.7 Å². The fourth-order valence-corrected chi connectivity index (χ4v) is 2.27. The Morgan fingerprint density at radius 3 is 2.94 bits per heavy atom. The molecule has 0 aromatic heterocycles. The quantitative estimate of drug-likeness (QED) is 0.858. The monoisotopic (exact) mass is 239 g/mol. The normalized spacial score (nSPS) is 22.6. The van der Waals surface area contributed by atoms with Gasteiger partial charge in [0.1, 0.15) is 5.82 Å². The van der Waals surface area contributed by atoms with Crippen molar-refractivity contribution in [3.05, 3.63) is 29.6 Å². The molecule has 3 nitrogen and oxygen atoms in total. The second-order valence-electron chi connectivity index (χ2n) is 4.47. The van der Waals surface area contributed by atoms with Crippen LogP contribution < -0.4 is 4.90 Å². The Bertz CT molecular complexity index is 395. The van der Waals surface area contributed by atoms with Gasteiger partial charge in [0.2, 0.25) is 0 Å². The first-order chi connectivity index (χ1) is 8.11. The maximum absolute atomic E-state index is 13.8. The van der Waals surface area contributed by atoms with Crippen molar-refractivity contribution in [1.82, 2.24) is 0 Å². The lowest BCUT2D eigenvalue weighted by atomic mass is 10.0. The predicted molar refractivity (Wildman–Crippen MR) is 64.7 cm³/mol. The lowest BCUT2D eigenvalue weighted by molar-refractivity contribution is 0.0983. The summed E-state index contributed by atoms with van der Waals surface area (Å²) in [5, 5.41) is 9.70. The number of morpholine rings is 1. The van der Waals surface area contributed by atoms with Gasteiger partial charge in [-0.05, 0) is 26.0 Å². The number of anilines is 1. The Morgan fingerprint density at radius 1 is 1.53 bits per heavy atom. The van der Waals surface area contributed by atoms with Crippen molar-refractivity contribution in [3.8, 4) is 0 Å². The molecule has 0 spiro atoms. The Hall–Kier alpha value is -1.13. The molecule has 1 aromatic rings. The third-order valence-electron chi connectivity index (χ3n) is 3.12. The van der Waals surface area contributed by atoms with Crippen molar-refractivity contribution in [2.24, 2.45) is 0 Å². The maximum atomic E-state index is 13.8. The van der Waals surface area contributed by atoms with Gasteiger partial charge in [-0.15, -0.1) is 0 Å². The van der Waals surface area contributed by atoms with Crippen LogP contribution in [0.3, 0.4) is 0 Å². The molecule has 4 heteroatoms. The first-order valence-corrected chi connectivity index (χ1v) is 5.92. The van der Waals surface area contributed by atoms with Gasteiger partial charge < -0.3 is 14.7 Å². The van der Waals surface area contributed by atoms with Crippen molar-refractivity contribution in [2.45, 2.75) is 26.0 Å². The summed E-state index contributed by atoms with van der Waals surface area (Å²) in [6, 6.07) is 5.12. The van der Waals surface area contributed by atoms with Crippen LogP contribution in [0.2, 0.25) is 0 Å². The third kappa shape index (κ3) is 2.42. The molecule has 1 saturated heterocycles. The summed E-state index contributed by atoms with van der Waals surface area (Å²) in [5.41, 5.74) is 1.15. The van der Waals surface area contributed by atoms with Gasteiger partial charge in [-0.2, -0.15) is 0 Å². The molecular formula is C13H18FNO2. The Balaban J connectivity index is 2.40. The second-order valence-corrected chi connectivity index (χ2v) is 4.47. The number of aliphatic hydroxyl groups is 1. The molecule has 0 bridgehead atoms. The van der Waals surface area contributed by atoms with E-state index in [4.69, 9.17) is 4.74 Å². The Morgan fingerprint density at radius 2 is 2.29 bits per heavy atom. The summed E-state index contributed by atoms with van der Waals surface area (Å²) < 4.78 is 19.1. The molecule has 0 amide bonds. The van der Waals surface area contributed by atoms with E-state index in [1.165, 1.54) is 6.07 Å². The zero-order chi connectivity index (χ0) is 12.4. The van der Waals surface area contributed by atoms with Crippen molar-refractivity contribution in [3.63, 3.8) is 0 Å². The highest BCUT2D eigenvalue weighted by molar-refractivity contribution is 5.56. The first kappa shape index (κ1) is 12.3. The Labute approximate surface area is 101 Å². The number of hydrogen-bond acceptors (Lipinski definition) is 3. The third-order valence-corrected chi connectivity index (χ3v) is 3.12. The van der Waals surface area contributed by atoms with Crippen molar-refractivity contribution < 1.29 is 14.2 Å². The summed E-state index contributed by atoms with van der Waals surface area (Å²) in [7, 11) is 0. The summed E-state index contributed by atoms with van der Waals surface area (Å²) in [5.74, 6) is -0.351. The summed E-state index contributed by atoms with van der Waals surface area (Å²) in [4.78, 5) is 2.09. The Kier molecular flexibility index (Phi) is 3.64. The second kappa shape index (κ2) is 5.02. The molecular weight excluding hydrogens is 221 g/mol. The maximum Gasteiger partial charge on any atom is 0.131 e.